The predicted octanol–water partition coefficient (Wildman–Crippen LogP) is 3.15. The molecule has 0 fully saturated rings. The third kappa shape index (κ3) is 4.10. The molecule has 0 spiro atoms. The normalized spacial score (nSPS) is 10.0. The minimum Gasteiger partial charge on any atom is -0.484 e. The summed E-state index contributed by atoms with van der Waals surface area (Å²) >= 11 is 0. The number of hydrogen-bond donors (Lipinski definition) is 1. The fourth-order valence-electron chi connectivity index (χ4n) is 1.63. The Morgan fingerprint density at radius 1 is 1.21 bits per heavy atom. The van der Waals surface area contributed by atoms with E-state index in [0.29, 0.717) is 11.4 Å². The van der Waals surface area contributed by atoms with Gasteiger partial charge in [0.15, 0.2) is 6.61 Å². The Hall–Kier alpha value is -2.36. The molecule has 0 unspecified atom stereocenters. The Morgan fingerprint density at radius 2 is 2.00 bits per heavy atom. The first-order chi connectivity index (χ1) is 9.13. The molecule has 2 rings (SSSR count). The predicted molar refractivity (Wildman–Crippen MR) is 71.7 cm³/mol. The van der Waals surface area contributed by atoms with Crippen LogP contribution in [0.4, 0.5) is 10.1 Å². The largest absolute Gasteiger partial charge is 0.484 e. The van der Waals surface area contributed by atoms with Crippen LogP contribution in [0.15, 0.2) is 48.5 Å². The van der Waals surface area contributed by atoms with E-state index in [1.54, 1.807) is 12.1 Å². The molecule has 0 bridgehead atoms. The molecule has 98 valence electrons. The molecule has 0 heterocycles. The Balaban J connectivity index is 1.88. The van der Waals surface area contributed by atoms with Gasteiger partial charge in [-0.2, -0.15) is 0 Å². The molecule has 0 atom stereocenters. The third-order valence-electron chi connectivity index (χ3n) is 2.47. The molecule has 3 nitrogen and oxygen atoms in total. The second-order valence-electron chi connectivity index (χ2n) is 4.16. The van der Waals surface area contributed by atoms with Crippen molar-refractivity contribution in [3.63, 3.8) is 0 Å². The van der Waals surface area contributed by atoms with Crippen molar-refractivity contribution in [2.45, 2.75) is 6.92 Å². The standard InChI is InChI=1S/C15H14FNO2/c1-11-4-2-6-13(8-11)17-15(18)10-19-14-7-3-5-12(16)9-14/h2-9H,10H2,1H3,(H,17,18). The second kappa shape index (κ2) is 6.00. The number of carbonyl (C=O) groups excluding carboxylic acids is 1. The lowest BCUT2D eigenvalue weighted by atomic mass is 10.2. The Kier molecular flexibility index (Phi) is 4.13. The summed E-state index contributed by atoms with van der Waals surface area (Å²) in [5.41, 5.74) is 1.77. The number of halogens is 1. The zero-order valence-corrected chi connectivity index (χ0v) is 10.5. The molecule has 0 aliphatic carbocycles. The monoisotopic (exact) mass is 259 g/mol. The van der Waals surface area contributed by atoms with Gasteiger partial charge in [0, 0.05) is 11.8 Å². The van der Waals surface area contributed by atoms with Gasteiger partial charge >= 0.3 is 0 Å². The fraction of sp³-hybridized carbons (Fsp3) is 0.133. The van der Waals surface area contributed by atoms with Crippen molar-refractivity contribution >= 4 is 11.6 Å². The summed E-state index contributed by atoms with van der Waals surface area (Å²) in [6.07, 6.45) is 0. The van der Waals surface area contributed by atoms with Gasteiger partial charge in [-0.3, -0.25) is 4.79 Å². The average Bonchev–Trinajstić information content (AvgIpc) is 2.36. The van der Waals surface area contributed by atoms with Crippen molar-refractivity contribution in [1.29, 1.82) is 0 Å². The van der Waals surface area contributed by atoms with Crippen molar-refractivity contribution < 1.29 is 13.9 Å². The molecule has 0 radical (unpaired) electrons. The molecule has 2 aromatic carbocycles. The van der Waals surface area contributed by atoms with E-state index >= 15 is 0 Å². The Morgan fingerprint density at radius 3 is 2.74 bits per heavy atom. The topological polar surface area (TPSA) is 38.3 Å². The maximum atomic E-state index is 12.9. The molecule has 19 heavy (non-hydrogen) atoms. The lowest BCUT2D eigenvalue weighted by Gasteiger charge is -2.08. The van der Waals surface area contributed by atoms with Gasteiger partial charge in [0.2, 0.25) is 0 Å². The number of ether oxygens (including phenoxy) is 1. The van der Waals surface area contributed by atoms with Crippen LogP contribution in [0.2, 0.25) is 0 Å². The first-order valence-electron chi connectivity index (χ1n) is 5.88. The van der Waals surface area contributed by atoms with E-state index in [1.807, 2.05) is 25.1 Å². The fourth-order valence-corrected chi connectivity index (χ4v) is 1.63. The van der Waals surface area contributed by atoms with E-state index in [2.05, 4.69) is 5.32 Å². The molecule has 2 aromatic rings. The van der Waals surface area contributed by atoms with Crippen LogP contribution in [-0.4, -0.2) is 12.5 Å². The van der Waals surface area contributed by atoms with E-state index in [9.17, 15) is 9.18 Å². The van der Waals surface area contributed by atoms with E-state index in [4.69, 9.17) is 4.74 Å². The Bertz CT molecular complexity index is 584. The zero-order valence-electron chi connectivity index (χ0n) is 10.5. The molecule has 1 amide bonds. The number of amides is 1. The summed E-state index contributed by atoms with van der Waals surface area (Å²) in [6, 6.07) is 13.1. The molecule has 1 N–H and O–H groups in total. The van der Waals surface area contributed by atoms with Crippen LogP contribution in [0.1, 0.15) is 5.56 Å². The van der Waals surface area contributed by atoms with Crippen LogP contribution in [0.3, 0.4) is 0 Å². The summed E-state index contributed by atoms with van der Waals surface area (Å²) in [5, 5.41) is 2.71. The van der Waals surface area contributed by atoms with Crippen LogP contribution >= 0.6 is 0 Å². The third-order valence-corrected chi connectivity index (χ3v) is 2.47. The smallest absolute Gasteiger partial charge is 0.262 e. The number of anilines is 1. The van der Waals surface area contributed by atoms with Gasteiger partial charge in [-0.15, -0.1) is 0 Å². The zero-order chi connectivity index (χ0) is 13.7. The van der Waals surface area contributed by atoms with Crippen LogP contribution in [-0.2, 0) is 4.79 Å². The highest BCUT2D eigenvalue weighted by atomic mass is 19.1. The van der Waals surface area contributed by atoms with E-state index in [1.165, 1.54) is 18.2 Å². The highest BCUT2D eigenvalue weighted by molar-refractivity contribution is 5.91. The Labute approximate surface area is 111 Å². The lowest BCUT2D eigenvalue weighted by molar-refractivity contribution is -0.118. The van der Waals surface area contributed by atoms with Crippen molar-refractivity contribution in [3.8, 4) is 5.75 Å². The lowest BCUT2D eigenvalue weighted by Crippen LogP contribution is -2.20. The molecule has 4 heteroatoms. The van der Waals surface area contributed by atoms with Gasteiger partial charge in [0.1, 0.15) is 11.6 Å². The number of hydrogen-bond acceptors (Lipinski definition) is 2. The van der Waals surface area contributed by atoms with Gasteiger partial charge in [-0.1, -0.05) is 18.2 Å². The van der Waals surface area contributed by atoms with Crippen LogP contribution in [0.5, 0.6) is 5.75 Å². The highest BCUT2D eigenvalue weighted by Gasteiger charge is 2.04. The highest BCUT2D eigenvalue weighted by Crippen LogP contribution is 2.12. The summed E-state index contributed by atoms with van der Waals surface area (Å²) < 4.78 is 18.1. The summed E-state index contributed by atoms with van der Waals surface area (Å²) in [6.45, 7) is 1.79. The molecule has 0 saturated heterocycles. The quantitative estimate of drug-likeness (QED) is 0.916. The minimum absolute atomic E-state index is 0.155. The number of rotatable bonds is 4. The van der Waals surface area contributed by atoms with Crippen molar-refractivity contribution in [3.05, 3.63) is 59.9 Å². The summed E-state index contributed by atoms with van der Waals surface area (Å²) in [7, 11) is 0. The molecule has 0 aliphatic heterocycles. The maximum absolute atomic E-state index is 12.9. The molecule has 0 aliphatic rings. The molecule has 0 aromatic heterocycles. The van der Waals surface area contributed by atoms with E-state index in [-0.39, 0.29) is 12.5 Å². The van der Waals surface area contributed by atoms with Gasteiger partial charge in [-0.25, -0.2) is 4.39 Å². The summed E-state index contributed by atoms with van der Waals surface area (Å²) in [4.78, 5) is 11.7. The second-order valence-corrected chi connectivity index (χ2v) is 4.16. The van der Waals surface area contributed by atoms with Crippen LogP contribution in [0, 0.1) is 12.7 Å². The van der Waals surface area contributed by atoms with Gasteiger partial charge in [-0.05, 0) is 36.8 Å². The molecular formula is C15H14FNO2. The number of carbonyl (C=O) groups is 1. The van der Waals surface area contributed by atoms with E-state index in [0.717, 1.165) is 5.56 Å². The first kappa shape index (κ1) is 13.1. The van der Waals surface area contributed by atoms with E-state index < -0.39 is 5.82 Å². The van der Waals surface area contributed by atoms with Crippen molar-refractivity contribution in [2.24, 2.45) is 0 Å². The maximum Gasteiger partial charge on any atom is 0.262 e. The van der Waals surface area contributed by atoms with Gasteiger partial charge in [0.05, 0.1) is 0 Å². The van der Waals surface area contributed by atoms with Crippen molar-refractivity contribution in [1.82, 2.24) is 0 Å². The van der Waals surface area contributed by atoms with Gasteiger partial charge in [0.25, 0.3) is 5.91 Å². The number of benzene rings is 2. The molecular weight excluding hydrogens is 245 g/mol. The average molecular weight is 259 g/mol. The SMILES string of the molecule is Cc1cccc(NC(=O)COc2cccc(F)c2)c1. The van der Waals surface area contributed by atoms with Crippen LogP contribution < -0.4 is 10.1 Å². The van der Waals surface area contributed by atoms with Crippen molar-refractivity contribution in [2.75, 3.05) is 11.9 Å². The summed E-state index contributed by atoms with van der Waals surface area (Å²) in [5.74, 6) is -0.342. The molecule has 0 saturated carbocycles. The number of nitrogens with one attached hydrogen (secondary N) is 1. The number of aryl methyl sites for hydroxylation is 1. The van der Waals surface area contributed by atoms with Gasteiger partial charge < -0.3 is 10.1 Å². The minimum atomic E-state index is -0.392. The van der Waals surface area contributed by atoms with Crippen LogP contribution in [0.25, 0.3) is 0 Å². The first-order valence-corrected chi connectivity index (χ1v) is 5.88.